The molecule has 1 aromatic heterocycles. The highest BCUT2D eigenvalue weighted by atomic mass is 79.9. The van der Waals surface area contributed by atoms with Gasteiger partial charge in [-0.15, -0.1) is 0 Å². The highest BCUT2D eigenvalue weighted by molar-refractivity contribution is 9.10. The Labute approximate surface area is 126 Å². The number of rotatable bonds is 4. The first-order chi connectivity index (χ1) is 9.51. The van der Waals surface area contributed by atoms with Gasteiger partial charge in [0.2, 0.25) is 0 Å². The van der Waals surface area contributed by atoms with Crippen LogP contribution in [0.5, 0.6) is 0 Å². The predicted octanol–water partition coefficient (Wildman–Crippen LogP) is 4.68. The summed E-state index contributed by atoms with van der Waals surface area (Å²) in [6.07, 6.45) is 3.44. The number of carboxylic acids is 1. The molecule has 0 aliphatic carbocycles. The van der Waals surface area contributed by atoms with E-state index in [1.54, 1.807) is 6.07 Å². The molecule has 0 bridgehead atoms. The normalized spacial score (nSPS) is 11.2. The van der Waals surface area contributed by atoms with E-state index in [9.17, 15) is 4.79 Å². The van der Waals surface area contributed by atoms with Crippen molar-refractivity contribution in [1.29, 1.82) is 0 Å². The predicted molar refractivity (Wildman–Crippen MR) is 82.6 cm³/mol. The summed E-state index contributed by atoms with van der Waals surface area (Å²) in [4.78, 5) is 10.5. The van der Waals surface area contributed by atoms with E-state index in [1.807, 2.05) is 19.1 Å². The molecule has 0 unspecified atom stereocenters. The number of aliphatic carboxylic acids is 1. The minimum absolute atomic E-state index is 0.529. The fourth-order valence-corrected chi connectivity index (χ4v) is 2.50. The van der Waals surface area contributed by atoms with E-state index in [-0.39, 0.29) is 0 Å². The van der Waals surface area contributed by atoms with Gasteiger partial charge in [0.1, 0.15) is 11.5 Å². The van der Waals surface area contributed by atoms with Gasteiger partial charge in [0.05, 0.1) is 0 Å². The fraction of sp³-hybridized carbons (Fsp3) is 0.188. The van der Waals surface area contributed by atoms with Gasteiger partial charge in [-0.25, -0.2) is 4.79 Å². The van der Waals surface area contributed by atoms with Crippen LogP contribution in [0, 0.1) is 6.92 Å². The maximum absolute atomic E-state index is 10.5. The van der Waals surface area contributed by atoms with Crippen LogP contribution in [-0.4, -0.2) is 11.1 Å². The first kappa shape index (κ1) is 14.6. The Balaban J connectivity index is 2.37. The van der Waals surface area contributed by atoms with Crippen LogP contribution in [-0.2, 0) is 11.2 Å². The summed E-state index contributed by atoms with van der Waals surface area (Å²) < 4.78 is 6.78. The van der Waals surface area contributed by atoms with E-state index in [0.717, 1.165) is 33.9 Å². The molecule has 0 amide bonds. The Kier molecular flexibility index (Phi) is 4.45. The van der Waals surface area contributed by atoms with E-state index in [4.69, 9.17) is 9.52 Å². The first-order valence-corrected chi connectivity index (χ1v) is 7.10. The fourth-order valence-electron chi connectivity index (χ4n) is 1.99. The lowest BCUT2D eigenvalue weighted by atomic mass is 10.0. The summed E-state index contributed by atoms with van der Waals surface area (Å²) in [5.74, 6) is 0.275. The van der Waals surface area contributed by atoms with Crippen molar-refractivity contribution in [3.63, 3.8) is 0 Å². The van der Waals surface area contributed by atoms with Crippen LogP contribution < -0.4 is 0 Å². The summed E-state index contributed by atoms with van der Waals surface area (Å²) >= 11 is 3.59. The standard InChI is InChI=1S/C16H15BrO3/c1-3-11-9-12(8-10(2)16(11)17)14-6-4-13(20-14)5-7-15(18)19/h4-9H,3H2,1-2H3,(H,18,19)/b7-5+. The van der Waals surface area contributed by atoms with Crippen molar-refractivity contribution < 1.29 is 14.3 Å². The van der Waals surface area contributed by atoms with Crippen molar-refractivity contribution in [2.24, 2.45) is 0 Å². The Morgan fingerprint density at radius 2 is 2.15 bits per heavy atom. The Bertz CT molecular complexity index is 668. The molecule has 0 spiro atoms. The van der Waals surface area contributed by atoms with Gasteiger partial charge in [-0.2, -0.15) is 0 Å². The summed E-state index contributed by atoms with van der Waals surface area (Å²) in [6, 6.07) is 7.74. The van der Waals surface area contributed by atoms with Gasteiger partial charge in [-0.05, 0) is 54.8 Å². The van der Waals surface area contributed by atoms with Crippen molar-refractivity contribution in [2.75, 3.05) is 0 Å². The zero-order valence-corrected chi connectivity index (χ0v) is 12.9. The van der Waals surface area contributed by atoms with Crippen LogP contribution in [0.3, 0.4) is 0 Å². The smallest absolute Gasteiger partial charge is 0.328 e. The number of carboxylic acid groups (broad SMARTS) is 1. The zero-order valence-electron chi connectivity index (χ0n) is 11.3. The van der Waals surface area contributed by atoms with Crippen LogP contribution in [0.1, 0.15) is 23.8 Å². The van der Waals surface area contributed by atoms with Crippen LogP contribution in [0.4, 0.5) is 0 Å². The van der Waals surface area contributed by atoms with Crippen LogP contribution in [0.25, 0.3) is 17.4 Å². The Hall–Kier alpha value is -1.81. The second-order valence-electron chi connectivity index (χ2n) is 4.49. The molecular formula is C16H15BrO3. The number of aryl methyl sites for hydroxylation is 2. The number of carbonyl (C=O) groups is 1. The van der Waals surface area contributed by atoms with Gasteiger partial charge in [-0.1, -0.05) is 22.9 Å². The maximum atomic E-state index is 10.5. The first-order valence-electron chi connectivity index (χ1n) is 6.31. The molecule has 2 rings (SSSR count). The molecule has 0 radical (unpaired) electrons. The number of furan rings is 1. The van der Waals surface area contributed by atoms with Crippen LogP contribution in [0.2, 0.25) is 0 Å². The van der Waals surface area contributed by atoms with Gasteiger partial charge in [-0.3, -0.25) is 0 Å². The molecule has 1 heterocycles. The molecule has 1 N–H and O–H groups in total. The second-order valence-corrected chi connectivity index (χ2v) is 5.29. The molecule has 20 heavy (non-hydrogen) atoms. The van der Waals surface area contributed by atoms with Gasteiger partial charge in [0.15, 0.2) is 0 Å². The van der Waals surface area contributed by atoms with Gasteiger partial charge < -0.3 is 9.52 Å². The SMILES string of the molecule is CCc1cc(-c2ccc(/C=C/C(=O)O)o2)cc(C)c1Br. The highest BCUT2D eigenvalue weighted by Gasteiger charge is 2.09. The molecule has 3 nitrogen and oxygen atoms in total. The van der Waals surface area contributed by atoms with Gasteiger partial charge in [0.25, 0.3) is 0 Å². The quantitative estimate of drug-likeness (QED) is 0.826. The second kappa shape index (κ2) is 6.09. The number of hydrogen-bond donors (Lipinski definition) is 1. The average Bonchev–Trinajstić information content (AvgIpc) is 2.88. The van der Waals surface area contributed by atoms with Gasteiger partial charge >= 0.3 is 5.97 Å². The summed E-state index contributed by atoms with van der Waals surface area (Å²) in [6.45, 7) is 4.15. The maximum Gasteiger partial charge on any atom is 0.328 e. The molecule has 0 aliphatic rings. The molecule has 0 saturated heterocycles. The molecule has 4 heteroatoms. The molecule has 0 fully saturated rings. The lowest BCUT2D eigenvalue weighted by molar-refractivity contribution is -0.131. The third-order valence-electron chi connectivity index (χ3n) is 3.01. The van der Waals surface area contributed by atoms with E-state index < -0.39 is 5.97 Å². The van der Waals surface area contributed by atoms with Crippen molar-refractivity contribution in [1.82, 2.24) is 0 Å². The zero-order chi connectivity index (χ0) is 14.7. The molecule has 2 aromatic rings. The average molecular weight is 335 g/mol. The largest absolute Gasteiger partial charge is 0.478 e. The summed E-state index contributed by atoms with van der Waals surface area (Å²) in [7, 11) is 0. The summed E-state index contributed by atoms with van der Waals surface area (Å²) in [5.41, 5.74) is 3.37. The molecule has 0 saturated carbocycles. The third kappa shape index (κ3) is 3.20. The molecule has 0 aliphatic heterocycles. The molecular weight excluding hydrogens is 320 g/mol. The minimum atomic E-state index is -0.990. The van der Waals surface area contributed by atoms with E-state index in [1.165, 1.54) is 11.6 Å². The van der Waals surface area contributed by atoms with Gasteiger partial charge in [0, 0.05) is 16.1 Å². The van der Waals surface area contributed by atoms with Crippen molar-refractivity contribution in [2.45, 2.75) is 20.3 Å². The molecule has 104 valence electrons. The van der Waals surface area contributed by atoms with Crippen LogP contribution in [0.15, 0.2) is 39.2 Å². The lowest BCUT2D eigenvalue weighted by Crippen LogP contribution is -1.88. The molecule has 0 atom stereocenters. The van der Waals surface area contributed by atoms with Crippen molar-refractivity contribution >= 4 is 28.0 Å². The monoisotopic (exact) mass is 334 g/mol. The van der Waals surface area contributed by atoms with E-state index in [0.29, 0.717) is 5.76 Å². The molecule has 1 aromatic carbocycles. The number of hydrogen-bond acceptors (Lipinski definition) is 2. The lowest BCUT2D eigenvalue weighted by Gasteiger charge is -2.08. The number of halogens is 1. The van der Waals surface area contributed by atoms with Crippen LogP contribution >= 0.6 is 15.9 Å². The summed E-state index contributed by atoms with van der Waals surface area (Å²) in [5, 5.41) is 8.60. The van der Waals surface area contributed by atoms with Crippen molar-refractivity contribution in [3.05, 3.63) is 51.7 Å². The van der Waals surface area contributed by atoms with Crippen molar-refractivity contribution in [3.8, 4) is 11.3 Å². The Morgan fingerprint density at radius 1 is 1.40 bits per heavy atom. The van der Waals surface area contributed by atoms with E-state index in [2.05, 4.69) is 28.9 Å². The minimum Gasteiger partial charge on any atom is -0.478 e. The highest BCUT2D eigenvalue weighted by Crippen LogP contribution is 2.30. The Morgan fingerprint density at radius 3 is 2.80 bits per heavy atom. The third-order valence-corrected chi connectivity index (χ3v) is 4.15. The topological polar surface area (TPSA) is 50.4 Å². The van der Waals surface area contributed by atoms with E-state index >= 15 is 0 Å². The number of benzene rings is 1.